The highest BCUT2D eigenvalue weighted by molar-refractivity contribution is 9.10. The summed E-state index contributed by atoms with van der Waals surface area (Å²) in [5.74, 6) is -0.0535. The molecule has 0 aromatic heterocycles. The summed E-state index contributed by atoms with van der Waals surface area (Å²) >= 11 is 3.17. The zero-order valence-electron chi connectivity index (χ0n) is 10.5. The summed E-state index contributed by atoms with van der Waals surface area (Å²) in [7, 11) is -3.94. The molecule has 0 aliphatic rings. The van der Waals surface area contributed by atoms with E-state index >= 15 is 0 Å². The normalized spacial score (nSPS) is 11.1. The lowest BCUT2D eigenvalue weighted by Gasteiger charge is -2.09. The Morgan fingerprint density at radius 3 is 2.45 bits per heavy atom. The van der Waals surface area contributed by atoms with Gasteiger partial charge in [-0.3, -0.25) is 4.79 Å². The summed E-state index contributed by atoms with van der Waals surface area (Å²) < 4.78 is 29.8. The van der Waals surface area contributed by atoms with Gasteiger partial charge in [0.1, 0.15) is 10.6 Å². The molecule has 6 heteroatoms. The Kier molecular flexibility index (Phi) is 4.25. The van der Waals surface area contributed by atoms with Gasteiger partial charge in [0.2, 0.25) is 0 Å². The minimum atomic E-state index is -3.94. The average molecular weight is 355 g/mol. The van der Waals surface area contributed by atoms with Crippen molar-refractivity contribution < 1.29 is 17.4 Å². The Balaban J connectivity index is 2.36. The van der Waals surface area contributed by atoms with Crippen molar-refractivity contribution in [1.82, 2.24) is 0 Å². The van der Waals surface area contributed by atoms with Crippen molar-refractivity contribution in [3.8, 4) is 5.75 Å². The van der Waals surface area contributed by atoms with Crippen molar-refractivity contribution in [1.29, 1.82) is 0 Å². The van der Waals surface area contributed by atoms with Crippen LogP contribution in [0.4, 0.5) is 0 Å². The smallest absolute Gasteiger partial charge is 0.340 e. The quantitative estimate of drug-likeness (QED) is 0.623. The van der Waals surface area contributed by atoms with E-state index in [1.54, 1.807) is 30.3 Å². The summed E-state index contributed by atoms with van der Waals surface area (Å²) in [5.41, 5.74) is 0.393. The lowest BCUT2D eigenvalue weighted by Crippen LogP contribution is -2.10. The Hall–Kier alpha value is -1.66. The predicted molar refractivity (Wildman–Crippen MR) is 78.4 cm³/mol. The van der Waals surface area contributed by atoms with E-state index in [2.05, 4.69) is 15.9 Å². The highest BCUT2D eigenvalue weighted by atomic mass is 79.9. The SMILES string of the molecule is CC(=O)c1cccc(OS(=O)(=O)c2ccccc2Br)c1. The minimum absolute atomic E-state index is 0.0354. The maximum atomic E-state index is 12.2. The molecule has 20 heavy (non-hydrogen) atoms. The molecule has 0 aliphatic heterocycles. The first kappa shape index (κ1) is 14.7. The van der Waals surface area contributed by atoms with Gasteiger partial charge >= 0.3 is 10.1 Å². The van der Waals surface area contributed by atoms with Crippen molar-refractivity contribution in [3.63, 3.8) is 0 Å². The van der Waals surface area contributed by atoms with Crippen molar-refractivity contribution in [3.05, 3.63) is 58.6 Å². The molecule has 0 unspecified atom stereocenters. The highest BCUT2D eigenvalue weighted by Gasteiger charge is 2.19. The standard InChI is InChI=1S/C14H11BrO4S/c1-10(16)11-5-4-6-12(9-11)19-20(17,18)14-8-3-2-7-13(14)15/h2-9H,1H3. The summed E-state index contributed by atoms with van der Waals surface area (Å²) in [6.45, 7) is 1.40. The van der Waals surface area contributed by atoms with Gasteiger partial charge in [-0.1, -0.05) is 24.3 Å². The van der Waals surface area contributed by atoms with E-state index in [1.807, 2.05) is 0 Å². The van der Waals surface area contributed by atoms with Gasteiger partial charge in [0.15, 0.2) is 5.78 Å². The molecular weight excluding hydrogens is 344 g/mol. The van der Waals surface area contributed by atoms with E-state index < -0.39 is 10.1 Å². The van der Waals surface area contributed by atoms with Crippen molar-refractivity contribution in [2.45, 2.75) is 11.8 Å². The number of benzene rings is 2. The average Bonchev–Trinajstić information content (AvgIpc) is 2.38. The fraction of sp³-hybridized carbons (Fsp3) is 0.0714. The topological polar surface area (TPSA) is 60.4 Å². The summed E-state index contributed by atoms with van der Waals surface area (Å²) in [6, 6.07) is 12.4. The molecule has 0 atom stereocenters. The molecular formula is C14H11BrO4S. The molecule has 0 saturated heterocycles. The van der Waals surface area contributed by atoms with E-state index in [9.17, 15) is 13.2 Å². The van der Waals surface area contributed by atoms with Gasteiger partial charge in [0, 0.05) is 10.0 Å². The van der Waals surface area contributed by atoms with Crippen molar-refractivity contribution in [2.75, 3.05) is 0 Å². The van der Waals surface area contributed by atoms with Crippen LogP contribution in [0.3, 0.4) is 0 Å². The Bertz CT molecular complexity index is 753. The molecule has 0 aliphatic carbocycles. The molecule has 0 amide bonds. The van der Waals surface area contributed by atoms with E-state index in [-0.39, 0.29) is 16.4 Å². The van der Waals surface area contributed by atoms with Gasteiger partial charge in [-0.2, -0.15) is 8.42 Å². The Morgan fingerprint density at radius 1 is 1.10 bits per heavy atom. The fourth-order valence-electron chi connectivity index (χ4n) is 1.59. The lowest BCUT2D eigenvalue weighted by molar-refractivity contribution is 0.101. The highest BCUT2D eigenvalue weighted by Crippen LogP contribution is 2.25. The largest absolute Gasteiger partial charge is 0.379 e. The second kappa shape index (κ2) is 5.76. The van der Waals surface area contributed by atoms with Crippen LogP contribution in [0.25, 0.3) is 0 Å². The molecule has 2 aromatic rings. The van der Waals surface area contributed by atoms with Crippen LogP contribution in [0.5, 0.6) is 5.75 Å². The van der Waals surface area contributed by atoms with Gasteiger partial charge in [-0.05, 0) is 47.1 Å². The zero-order chi connectivity index (χ0) is 14.8. The Labute approximate surface area is 125 Å². The van der Waals surface area contributed by atoms with E-state index in [4.69, 9.17) is 4.18 Å². The predicted octanol–water partition coefficient (Wildman–Crippen LogP) is 3.42. The van der Waals surface area contributed by atoms with Crippen LogP contribution in [-0.4, -0.2) is 14.2 Å². The number of ketones is 1. The Morgan fingerprint density at radius 2 is 1.80 bits per heavy atom. The molecule has 104 valence electrons. The second-order valence-electron chi connectivity index (χ2n) is 4.05. The van der Waals surface area contributed by atoms with Gasteiger partial charge < -0.3 is 4.18 Å². The third-order valence-corrected chi connectivity index (χ3v) is 4.81. The van der Waals surface area contributed by atoms with Crippen LogP contribution < -0.4 is 4.18 Å². The van der Waals surface area contributed by atoms with Gasteiger partial charge in [-0.15, -0.1) is 0 Å². The molecule has 0 N–H and O–H groups in total. The summed E-state index contributed by atoms with van der Waals surface area (Å²) in [4.78, 5) is 11.3. The number of Topliss-reactive ketones (excluding diaryl/α,β-unsaturated/α-hetero) is 1. The first-order chi connectivity index (χ1) is 9.40. The van der Waals surface area contributed by atoms with Crippen LogP contribution in [0.2, 0.25) is 0 Å². The molecule has 4 nitrogen and oxygen atoms in total. The zero-order valence-corrected chi connectivity index (χ0v) is 12.9. The van der Waals surface area contributed by atoms with Crippen LogP contribution in [0.15, 0.2) is 57.9 Å². The maximum absolute atomic E-state index is 12.2. The van der Waals surface area contributed by atoms with Crippen molar-refractivity contribution >= 4 is 31.8 Å². The van der Waals surface area contributed by atoms with E-state index in [0.717, 1.165) is 0 Å². The van der Waals surface area contributed by atoms with Gasteiger partial charge in [-0.25, -0.2) is 0 Å². The summed E-state index contributed by atoms with van der Waals surface area (Å²) in [6.07, 6.45) is 0. The van der Waals surface area contributed by atoms with Crippen LogP contribution in [0.1, 0.15) is 17.3 Å². The first-order valence-corrected chi connectivity index (χ1v) is 7.90. The fourth-order valence-corrected chi connectivity index (χ4v) is 3.46. The lowest BCUT2D eigenvalue weighted by atomic mass is 10.1. The minimum Gasteiger partial charge on any atom is -0.379 e. The van der Waals surface area contributed by atoms with Crippen LogP contribution in [0, 0.1) is 0 Å². The number of rotatable bonds is 4. The molecule has 0 spiro atoms. The number of carbonyl (C=O) groups is 1. The third-order valence-electron chi connectivity index (χ3n) is 2.55. The molecule has 0 heterocycles. The monoisotopic (exact) mass is 354 g/mol. The molecule has 0 fully saturated rings. The number of halogens is 1. The third kappa shape index (κ3) is 3.26. The van der Waals surface area contributed by atoms with Crippen molar-refractivity contribution in [2.24, 2.45) is 0 Å². The summed E-state index contributed by atoms with van der Waals surface area (Å²) in [5, 5.41) is 0. The number of carbonyl (C=O) groups excluding carboxylic acids is 1. The van der Waals surface area contributed by atoms with Crippen LogP contribution in [-0.2, 0) is 10.1 Å². The molecule has 0 saturated carbocycles. The second-order valence-corrected chi connectivity index (χ2v) is 6.42. The van der Waals surface area contributed by atoms with Crippen LogP contribution >= 0.6 is 15.9 Å². The molecule has 2 rings (SSSR count). The first-order valence-electron chi connectivity index (χ1n) is 5.70. The maximum Gasteiger partial charge on any atom is 0.340 e. The number of hydrogen-bond acceptors (Lipinski definition) is 4. The molecule has 2 aromatic carbocycles. The molecule has 0 bridgehead atoms. The van der Waals surface area contributed by atoms with E-state index in [0.29, 0.717) is 10.0 Å². The number of hydrogen-bond donors (Lipinski definition) is 0. The molecule has 0 radical (unpaired) electrons. The van der Waals surface area contributed by atoms with Gasteiger partial charge in [0.25, 0.3) is 0 Å². The van der Waals surface area contributed by atoms with E-state index in [1.165, 1.54) is 25.1 Å². The van der Waals surface area contributed by atoms with Gasteiger partial charge in [0.05, 0.1) is 0 Å².